The molecular weight excluding hydrogens is 248 g/mol. The molecule has 17 heavy (non-hydrogen) atoms. The third kappa shape index (κ3) is 3.25. The molecule has 0 fully saturated rings. The average Bonchev–Trinajstić information content (AvgIpc) is 2.56. The highest BCUT2D eigenvalue weighted by atomic mass is 32.2. The summed E-state index contributed by atoms with van der Waals surface area (Å²) in [5.74, 6) is -0.467. The van der Waals surface area contributed by atoms with Crippen molar-refractivity contribution in [1.82, 2.24) is 14.3 Å². The van der Waals surface area contributed by atoms with E-state index < -0.39 is 28.6 Å². The first-order valence-corrected chi connectivity index (χ1v) is 6.19. The third-order valence-electron chi connectivity index (χ3n) is 2.16. The third-order valence-corrected chi connectivity index (χ3v) is 3.45. The number of rotatable bonds is 5. The minimum atomic E-state index is -3.84. The van der Waals surface area contributed by atoms with E-state index >= 15 is 0 Å². The lowest BCUT2D eigenvalue weighted by Gasteiger charge is -2.07. The van der Waals surface area contributed by atoms with Crippen molar-refractivity contribution in [3.8, 4) is 0 Å². The van der Waals surface area contributed by atoms with Gasteiger partial charge >= 0.3 is 0 Å². The second kappa shape index (κ2) is 4.82. The van der Waals surface area contributed by atoms with Crippen molar-refractivity contribution in [2.24, 2.45) is 12.8 Å². The zero-order chi connectivity index (χ0) is 13.2. The van der Waals surface area contributed by atoms with Crippen molar-refractivity contribution < 1.29 is 18.3 Å². The molecule has 9 heteroatoms. The topological polar surface area (TPSA) is 127 Å². The van der Waals surface area contributed by atoms with E-state index in [0.29, 0.717) is 5.82 Å². The van der Waals surface area contributed by atoms with Crippen LogP contribution in [0.4, 0.5) is 0 Å². The minimum absolute atomic E-state index is 0.172. The summed E-state index contributed by atoms with van der Waals surface area (Å²) < 4.78 is 26.9. The quantitative estimate of drug-likeness (QED) is 0.557. The second-order valence-electron chi connectivity index (χ2n) is 3.51. The lowest BCUT2D eigenvalue weighted by atomic mass is 10.3. The van der Waals surface area contributed by atoms with E-state index in [2.05, 4.69) is 4.98 Å². The zero-order valence-electron chi connectivity index (χ0n) is 9.41. The van der Waals surface area contributed by atoms with Gasteiger partial charge in [-0.15, -0.1) is 0 Å². The Labute approximate surface area is 98.5 Å². The molecule has 96 valence electrons. The molecule has 0 aliphatic heterocycles. The summed E-state index contributed by atoms with van der Waals surface area (Å²) in [5, 5.41) is 8.90. The lowest BCUT2D eigenvalue weighted by Crippen LogP contribution is -2.40. The molecule has 0 aliphatic carbocycles. The van der Waals surface area contributed by atoms with Crippen LogP contribution >= 0.6 is 0 Å². The fourth-order valence-electron chi connectivity index (χ4n) is 1.02. The Morgan fingerprint density at radius 3 is 2.71 bits per heavy atom. The molecule has 1 aromatic heterocycles. The molecular formula is C8H14N4O4S. The summed E-state index contributed by atoms with van der Waals surface area (Å²) >= 11 is 0. The number of nitrogens with two attached hydrogens (primary N) is 1. The Kier molecular flexibility index (Phi) is 3.86. The molecule has 0 saturated heterocycles. The number of aliphatic hydroxyl groups excluding tert-OH is 1. The Morgan fingerprint density at radius 2 is 2.29 bits per heavy atom. The average molecular weight is 262 g/mol. The Bertz CT molecular complexity index is 502. The van der Waals surface area contributed by atoms with Crippen molar-refractivity contribution in [3.63, 3.8) is 0 Å². The van der Waals surface area contributed by atoms with E-state index in [1.54, 1.807) is 18.5 Å². The molecule has 1 aromatic rings. The standard InChI is InChI=1S/C8H14N4O4S/c1-5-11-7(4-12(5)2)17(15,16)10-3-6(13)8(9)14/h4,6,10,13H,3H2,1-2H3,(H2,9,14). The van der Waals surface area contributed by atoms with Crippen LogP contribution in [0.1, 0.15) is 5.82 Å². The van der Waals surface area contributed by atoms with Crippen LogP contribution in [0, 0.1) is 6.92 Å². The summed E-state index contributed by atoms with van der Waals surface area (Å²) in [6.45, 7) is 1.17. The Balaban J connectivity index is 2.79. The molecule has 0 bridgehead atoms. The molecule has 0 radical (unpaired) electrons. The van der Waals surface area contributed by atoms with E-state index in [9.17, 15) is 13.2 Å². The van der Waals surface area contributed by atoms with Crippen LogP contribution in [0.3, 0.4) is 0 Å². The van der Waals surface area contributed by atoms with Gasteiger partial charge in [0.2, 0.25) is 5.91 Å². The monoisotopic (exact) mass is 262 g/mol. The fraction of sp³-hybridized carbons (Fsp3) is 0.500. The smallest absolute Gasteiger partial charge is 0.259 e. The van der Waals surface area contributed by atoms with Gasteiger partial charge < -0.3 is 15.4 Å². The zero-order valence-corrected chi connectivity index (χ0v) is 10.2. The molecule has 8 nitrogen and oxygen atoms in total. The van der Waals surface area contributed by atoms with Gasteiger partial charge in [-0.05, 0) is 6.92 Å². The molecule has 4 N–H and O–H groups in total. The predicted molar refractivity (Wildman–Crippen MR) is 58.3 cm³/mol. The van der Waals surface area contributed by atoms with Crippen molar-refractivity contribution in [2.45, 2.75) is 18.1 Å². The van der Waals surface area contributed by atoms with Crippen molar-refractivity contribution in [2.75, 3.05) is 6.54 Å². The van der Waals surface area contributed by atoms with Gasteiger partial charge in [0.15, 0.2) is 5.03 Å². The number of sulfonamides is 1. The van der Waals surface area contributed by atoms with Gasteiger partial charge in [0.05, 0.1) is 0 Å². The predicted octanol–water partition coefficient (Wildman–Crippen LogP) is -2.15. The highest BCUT2D eigenvalue weighted by Crippen LogP contribution is 2.07. The number of aliphatic hydroxyl groups is 1. The van der Waals surface area contributed by atoms with E-state index in [1.807, 2.05) is 4.72 Å². The van der Waals surface area contributed by atoms with Crippen molar-refractivity contribution in [1.29, 1.82) is 0 Å². The first-order valence-electron chi connectivity index (χ1n) is 4.71. The van der Waals surface area contributed by atoms with E-state index in [1.165, 1.54) is 6.20 Å². The van der Waals surface area contributed by atoms with Crippen LogP contribution in [0.25, 0.3) is 0 Å². The number of nitrogens with zero attached hydrogens (tertiary/aromatic N) is 2. The van der Waals surface area contributed by atoms with Gasteiger partial charge in [-0.3, -0.25) is 4.79 Å². The number of aromatic nitrogens is 2. The summed E-state index contributed by atoms with van der Waals surface area (Å²) in [6.07, 6.45) is -0.233. The number of carbonyl (C=O) groups is 1. The van der Waals surface area contributed by atoms with E-state index in [4.69, 9.17) is 10.8 Å². The van der Waals surface area contributed by atoms with Crippen molar-refractivity contribution in [3.05, 3.63) is 12.0 Å². The molecule has 1 heterocycles. The number of carbonyl (C=O) groups excluding carboxylic acids is 1. The Morgan fingerprint density at radius 1 is 1.71 bits per heavy atom. The number of primary amides is 1. The van der Waals surface area contributed by atoms with Crippen LogP contribution in [-0.2, 0) is 21.9 Å². The van der Waals surface area contributed by atoms with Crippen LogP contribution in [0.15, 0.2) is 11.2 Å². The molecule has 1 rings (SSSR count). The molecule has 0 aromatic carbocycles. The maximum Gasteiger partial charge on any atom is 0.259 e. The molecule has 0 spiro atoms. The number of amides is 1. The SMILES string of the molecule is Cc1nc(S(=O)(=O)NCC(O)C(N)=O)cn1C. The first kappa shape index (κ1) is 13.6. The van der Waals surface area contributed by atoms with E-state index in [0.717, 1.165) is 0 Å². The van der Waals surface area contributed by atoms with Gasteiger partial charge in [0.1, 0.15) is 11.9 Å². The van der Waals surface area contributed by atoms with Gasteiger partial charge in [0.25, 0.3) is 10.0 Å². The maximum absolute atomic E-state index is 11.7. The summed E-state index contributed by atoms with van der Waals surface area (Å²) in [7, 11) is -2.19. The fourth-order valence-corrected chi connectivity index (χ4v) is 2.09. The number of nitrogens with one attached hydrogen (secondary N) is 1. The molecule has 0 aliphatic rings. The van der Waals surface area contributed by atoms with Crippen LogP contribution in [0.2, 0.25) is 0 Å². The minimum Gasteiger partial charge on any atom is -0.382 e. The molecule has 0 saturated carbocycles. The van der Waals surface area contributed by atoms with Gasteiger partial charge in [-0.1, -0.05) is 0 Å². The summed E-state index contributed by atoms with van der Waals surface area (Å²) in [6, 6.07) is 0. The van der Waals surface area contributed by atoms with Gasteiger partial charge in [-0.2, -0.15) is 0 Å². The van der Waals surface area contributed by atoms with Crippen LogP contribution in [0.5, 0.6) is 0 Å². The first-order chi connectivity index (χ1) is 7.74. The lowest BCUT2D eigenvalue weighted by molar-refractivity contribution is -0.125. The second-order valence-corrected chi connectivity index (χ2v) is 5.22. The highest BCUT2D eigenvalue weighted by molar-refractivity contribution is 7.89. The molecule has 1 amide bonds. The number of aryl methyl sites for hydroxylation is 2. The summed E-state index contributed by atoms with van der Waals surface area (Å²) in [5.41, 5.74) is 4.79. The van der Waals surface area contributed by atoms with Crippen molar-refractivity contribution >= 4 is 15.9 Å². The number of imidazole rings is 1. The largest absolute Gasteiger partial charge is 0.382 e. The Hall–Kier alpha value is -1.45. The summed E-state index contributed by atoms with van der Waals surface area (Å²) in [4.78, 5) is 14.3. The van der Waals surface area contributed by atoms with E-state index in [-0.39, 0.29) is 5.03 Å². The van der Waals surface area contributed by atoms with Gasteiger partial charge in [-0.25, -0.2) is 18.1 Å². The van der Waals surface area contributed by atoms with Crippen LogP contribution in [-0.4, -0.2) is 41.6 Å². The number of hydrogen-bond donors (Lipinski definition) is 3. The molecule has 1 atom stereocenters. The van der Waals surface area contributed by atoms with Crippen LogP contribution < -0.4 is 10.5 Å². The van der Waals surface area contributed by atoms with Gasteiger partial charge in [0, 0.05) is 19.8 Å². The highest BCUT2D eigenvalue weighted by Gasteiger charge is 2.21. The number of hydrogen-bond acceptors (Lipinski definition) is 5. The maximum atomic E-state index is 11.7. The molecule has 1 unspecified atom stereocenters. The normalized spacial score (nSPS) is 13.6.